The molecule has 0 amide bonds. The predicted octanol–water partition coefficient (Wildman–Crippen LogP) is 2.58. The van der Waals surface area contributed by atoms with Crippen LogP contribution in [-0.2, 0) is 4.74 Å². The maximum Gasteiger partial charge on any atom is 0.0578 e. The molecule has 1 N–H and O–H groups in total. The molecule has 1 saturated carbocycles. The topological polar surface area (TPSA) is 21.3 Å². The van der Waals surface area contributed by atoms with Crippen LogP contribution in [0.5, 0.6) is 0 Å². The summed E-state index contributed by atoms with van der Waals surface area (Å²) in [5.41, 5.74) is 0. The number of nitrogens with one attached hydrogen (secondary N) is 1. The smallest absolute Gasteiger partial charge is 0.0578 e. The standard InChI is InChI=1S/C13H25NO/c1-2-11-4-3-5-13(8-11)15-10-12-6-7-14-9-12/h11-14H,2-10H2,1H3. The second-order valence-electron chi connectivity index (χ2n) is 5.26. The molecular weight excluding hydrogens is 186 g/mol. The van der Waals surface area contributed by atoms with E-state index in [1.807, 2.05) is 0 Å². The van der Waals surface area contributed by atoms with Crippen LogP contribution in [0.2, 0.25) is 0 Å². The molecule has 0 spiro atoms. The summed E-state index contributed by atoms with van der Waals surface area (Å²) < 4.78 is 6.06. The van der Waals surface area contributed by atoms with Gasteiger partial charge in [0.2, 0.25) is 0 Å². The van der Waals surface area contributed by atoms with Gasteiger partial charge in [0.05, 0.1) is 12.7 Å². The summed E-state index contributed by atoms with van der Waals surface area (Å²) in [4.78, 5) is 0. The van der Waals surface area contributed by atoms with Crippen LogP contribution in [0, 0.1) is 11.8 Å². The van der Waals surface area contributed by atoms with Gasteiger partial charge in [0.1, 0.15) is 0 Å². The third kappa shape index (κ3) is 3.46. The first-order valence-electron chi connectivity index (χ1n) is 6.70. The molecule has 1 aliphatic heterocycles. The van der Waals surface area contributed by atoms with Crippen molar-refractivity contribution in [3.8, 4) is 0 Å². The van der Waals surface area contributed by atoms with Gasteiger partial charge in [-0.3, -0.25) is 0 Å². The van der Waals surface area contributed by atoms with Crippen LogP contribution in [0.1, 0.15) is 45.4 Å². The van der Waals surface area contributed by atoms with E-state index in [0.29, 0.717) is 6.10 Å². The first kappa shape index (κ1) is 11.4. The largest absolute Gasteiger partial charge is 0.378 e. The van der Waals surface area contributed by atoms with Gasteiger partial charge in [0.25, 0.3) is 0 Å². The van der Waals surface area contributed by atoms with Crippen molar-refractivity contribution in [1.82, 2.24) is 5.32 Å². The van der Waals surface area contributed by atoms with Crippen molar-refractivity contribution in [1.29, 1.82) is 0 Å². The van der Waals surface area contributed by atoms with Crippen LogP contribution >= 0.6 is 0 Å². The van der Waals surface area contributed by atoms with Gasteiger partial charge in [0, 0.05) is 6.54 Å². The maximum absolute atomic E-state index is 6.06. The Bertz CT molecular complexity index is 177. The quantitative estimate of drug-likeness (QED) is 0.771. The zero-order valence-corrected chi connectivity index (χ0v) is 10.0. The third-order valence-corrected chi connectivity index (χ3v) is 4.04. The minimum Gasteiger partial charge on any atom is -0.378 e. The monoisotopic (exact) mass is 211 g/mol. The highest BCUT2D eigenvalue weighted by Gasteiger charge is 2.23. The maximum atomic E-state index is 6.06. The van der Waals surface area contributed by atoms with Crippen molar-refractivity contribution in [3.05, 3.63) is 0 Å². The van der Waals surface area contributed by atoms with Gasteiger partial charge in [0.15, 0.2) is 0 Å². The van der Waals surface area contributed by atoms with Crippen molar-refractivity contribution < 1.29 is 4.74 Å². The van der Waals surface area contributed by atoms with E-state index >= 15 is 0 Å². The molecule has 15 heavy (non-hydrogen) atoms. The molecule has 0 aromatic carbocycles. The summed E-state index contributed by atoms with van der Waals surface area (Å²) in [6.45, 7) is 5.67. The van der Waals surface area contributed by atoms with E-state index in [-0.39, 0.29) is 0 Å². The van der Waals surface area contributed by atoms with Gasteiger partial charge in [-0.05, 0) is 37.6 Å². The summed E-state index contributed by atoms with van der Waals surface area (Å²) in [5.74, 6) is 1.72. The normalized spacial score (nSPS) is 37.0. The molecule has 3 atom stereocenters. The summed E-state index contributed by atoms with van der Waals surface area (Å²) in [5, 5.41) is 3.40. The van der Waals surface area contributed by atoms with Crippen molar-refractivity contribution in [2.75, 3.05) is 19.7 Å². The highest BCUT2D eigenvalue weighted by molar-refractivity contribution is 4.75. The van der Waals surface area contributed by atoms with Gasteiger partial charge in [-0.15, -0.1) is 0 Å². The highest BCUT2D eigenvalue weighted by atomic mass is 16.5. The average molecular weight is 211 g/mol. The van der Waals surface area contributed by atoms with Crippen LogP contribution in [0.25, 0.3) is 0 Å². The first-order valence-corrected chi connectivity index (χ1v) is 6.70. The average Bonchev–Trinajstić information content (AvgIpc) is 2.79. The Kier molecular flexibility index (Phi) is 4.45. The van der Waals surface area contributed by atoms with Gasteiger partial charge in [-0.25, -0.2) is 0 Å². The molecule has 3 unspecified atom stereocenters. The summed E-state index contributed by atoms with van der Waals surface area (Å²) in [6, 6.07) is 0. The van der Waals surface area contributed by atoms with Crippen LogP contribution < -0.4 is 5.32 Å². The fraction of sp³-hybridized carbons (Fsp3) is 1.00. The summed E-state index contributed by atoms with van der Waals surface area (Å²) in [6.07, 6.45) is 8.65. The predicted molar refractivity (Wildman–Crippen MR) is 63.0 cm³/mol. The van der Waals surface area contributed by atoms with Gasteiger partial charge in [-0.1, -0.05) is 26.2 Å². The first-order chi connectivity index (χ1) is 7.38. The number of ether oxygens (including phenoxy) is 1. The van der Waals surface area contributed by atoms with E-state index in [9.17, 15) is 0 Å². The van der Waals surface area contributed by atoms with Gasteiger partial charge >= 0.3 is 0 Å². The zero-order valence-electron chi connectivity index (χ0n) is 10.0. The third-order valence-electron chi connectivity index (χ3n) is 4.04. The van der Waals surface area contributed by atoms with Crippen LogP contribution in [0.15, 0.2) is 0 Å². The second-order valence-corrected chi connectivity index (χ2v) is 5.26. The van der Waals surface area contributed by atoms with E-state index in [2.05, 4.69) is 12.2 Å². The van der Waals surface area contributed by atoms with E-state index in [1.54, 1.807) is 0 Å². The molecule has 0 bridgehead atoms. The minimum absolute atomic E-state index is 0.573. The molecule has 2 heteroatoms. The Morgan fingerprint density at radius 3 is 2.87 bits per heavy atom. The molecule has 0 aromatic heterocycles. The number of hydrogen-bond acceptors (Lipinski definition) is 2. The van der Waals surface area contributed by atoms with Gasteiger partial charge < -0.3 is 10.1 Å². The molecule has 0 aromatic rings. The van der Waals surface area contributed by atoms with E-state index in [4.69, 9.17) is 4.74 Å². The molecule has 1 aliphatic carbocycles. The highest BCUT2D eigenvalue weighted by Crippen LogP contribution is 2.28. The number of hydrogen-bond donors (Lipinski definition) is 1. The Hall–Kier alpha value is -0.0800. The molecule has 2 aliphatic rings. The van der Waals surface area contributed by atoms with Crippen LogP contribution in [0.4, 0.5) is 0 Å². The Morgan fingerprint density at radius 1 is 1.20 bits per heavy atom. The van der Waals surface area contributed by atoms with Crippen LogP contribution in [0.3, 0.4) is 0 Å². The Morgan fingerprint density at radius 2 is 2.13 bits per heavy atom. The lowest BCUT2D eigenvalue weighted by Gasteiger charge is -2.29. The van der Waals surface area contributed by atoms with Crippen LogP contribution in [-0.4, -0.2) is 25.8 Å². The molecule has 88 valence electrons. The summed E-state index contributed by atoms with van der Waals surface area (Å²) >= 11 is 0. The van der Waals surface area contributed by atoms with Crippen molar-refractivity contribution in [2.24, 2.45) is 11.8 Å². The Labute approximate surface area is 93.8 Å². The SMILES string of the molecule is CCC1CCCC(OCC2CCNC2)C1. The molecule has 2 fully saturated rings. The molecular formula is C13H25NO. The second kappa shape index (κ2) is 5.86. The minimum atomic E-state index is 0.573. The molecule has 2 nitrogen and oxygen atoms in total. The van der Waals surface area contributed by atoms with Crippen molar-refractivity contribution in [3.63, 3.8) is 0 Å². The van der Waals surface area contributed by atoms with Gasteiger partial charge in [-0.2, -0.15) is 0 Å². The molecule has 1 heterocycles. The number of rotatable bonds is 4. The molecule has 1 saturated heterocycles. The van der Waals surface area contributed by atoms with E-state index in [1.165, 1.54) is 51.6 Å². The zero-order chi connectivity index (χ0) is 10.5. The lowest BCUT2D eigenvalue weighted by molar-refractivity contribution is -0.00280. The lowest BCUT2D eigenvalue weighted by atomic mass is 9.85. The fourth-order valence-corrected chi connectivity index (χ4v) is 2.89. The molecule has 2 rings (SSSR count). The van der Waals surface area contributed by atoms with E-state index in [0.717, 1.165) is 18.4 Å². The molecule has 0 radical (unpaired) electrons. The fourth-order valence-electron chi connectivity index (χ4n) is 2.89. The summed E-state index contributed by atoms with van der Waals surface area (Å²) in [7, 11) is 0. The lowest BCUT2D eigenvalue weighted by Crippen LogP contribution is -2.25. The van der Waals surface area contributed by atoms with E-state index < -0.39 is 0 Å². The van der Waals surface area contributed by atoms with Crippen molar-refractivity contribution >= 4 is 0 Å². The van der Waals surface area contributed by atoms with Crippen molar-refractivity contribution in [2.45, 2.75) is 51.6 Å². The Balaban J connectivity index is 1.65.